The van der Waals surface area contributed by atoms with Crippen LogP contribution in [0.1, 0.15) is 12.8 Å². The van der Waals surface area contributed by atoms with Crippen molar-refractivity contribution in [2.24, 2.45) is 16.5 Å². The zero-order chi connectivity index (χ0) is 9.14. The predicted molar refractivity (Wildman–Crippen MR) is 49.2 cm³/mol. The van der Waals surface area contributed by atoms with Crippen LogP contribution in [-0.2, 0) is 9.59 Å². The molecule has 1 fully saturated rings. The van der Waals surface area contributed by atoms with Gasteiger partial charge in [0, 0.05) is 6.42 Å². The number of aliphatic imine (C=N–C) groups is 1. The minimum atomic E-state index is -0.542. The van der Waals surface area contributed by atoms with Crippen LogP contribution in [0.2, 0.25) is 0 Å². The number of guanidine groups is 1. The first-order valence-electron chi connectivity index (χ1n) is 3.52. The third kappa shape index (κ3) is 3.29. The number of hydrogen-bond donors (Lipinski definition) is 3. The molecule has 1 rings (SSSR count). The summed E-state index contributed by atoms with van der Waals surface area (Å²) in [6.45, 7) is 0. The van der Waals surface area contributed by atoms with Gasteiger partial charge in [-0.25, -0.2) is 0 Å². The normalized spacial score (nSPS) is 20.0. The quantitative estimate of drug-likeness (QED) is 0.358. The van der Waals surface area contributed by atoms with Crippen LogP contribution < -0.4 is 16.8 Å². The molecule has 7 heteroatoms. The van der Waals surface area contributed by atoms with Crippen molar-refractivity contribution in [2.75, 3.05) is 0 Å². The average Bonchev–Trinajstić information content (AvgIpc) is 2.34. The van der Waals surface area contributed by atoms with Crippen molar-refractivity contribution in [3.05, 3.63) is 0 Å². The van der Waals surface area contributed by atoms with E-state index in [4.69, 9.17) is 11.5 Å². The van der Waals surface area contributed by atoms with E-state index >= 15 is 0 Å². The van der Waals surface area contributed by atoms with Crippen LogP contribution in [0, 0.1) is 0 Å². The number of nitrogens with one attached hydrogen (secondary N) is 1. The molecule has 74 valence electrons. The second-order valence-corrected chi connectivity index (χ2v) is 2.53. The molecule has 0 radical (unpaired) electrons. The molecule has 0 aromatic carbocycles. The van der Waals surface area contributed by atoms with Gasteiger partial charge in [0.15, 0.2) is 5.96 Å². The molecule has 13 heavy (non-hydrogen) atoms. The molecule has 1 aliphatic rings. The van der Waals surface area contributed by atoms with Gasteiger partial charge in [-0.05, 0) is 6.42 Å². The van der Waals surface area contributed by atoms with Crippen LogP contribution in [0.25, 0.3) is 0 Å². The fourth-order valence-corrected chi connectivity index (χ4v) is 1.00. The van der Waals surface area contributed by atoms with Gasteiger partial charge in [-0.1, -0.05) is 0 Å². The average molecular weight is 207 g/mol. The Balaban J connectivity index is 0.00000144. The zero-order valence-electron chi connectivity index (χ0n) is 6.82. The Morgan fingerprint density at radius 3 is 2.54 bits per heavy atom. The number of carbonyl (C=O) groups excluding carboxylic acids is 2. The van der Waals surface area contributed by atoms with E-state index in [1.807, 2.05) is 0 Å². The Morgan fingerprint density at radius 1 is 1.54 bits per heavy atom. The minimum Gasteiger partial charge on any atom is -0.370 e. The van der Waals surface area contributed by atoms with Crippen LogP contribution >= 0.6 is 12.4 Å². The van der Waals surface area contributed by atoms with Gasteiger partial charge < -0.3 is 16.8 Å². The Morgan fingerprint density at radius 2 is 2.15 bits per heavy atom. The highest BCUT2D eigenvalue weighted by atomic mass is 35.5. The Bertz CT molecular complexity index is 249. The molecular weight excluding hydrogens is 196 g/mol. The number of carbonyl (C=O) groups is 2. The highest BCUT2D eigenvalue weighted by molar-refractivity contribution is 5.97. The number of nitrogens with two attached hydrogens (primary N) is 2. The molecule has 5 N–H and O–H groups in total. The van der Waals surface area contributed by atoms with Gasteiger partial charge in [0.1, 0.15) is 6.04 Å². The summed E-state index contributed by atoms with van der Waals surface area (Å²) in [6, 6.07) is -0.542. The molecule has 0 aliphatic carbocycles. The highest BCUT2D eigenvalue weighted by Crippen LogP contribution is 2.07. The maximum Gasteiger partial charge on any atom is 0.271 e. The van der Waals surface area contributed by atoms with E-state index in [1.54, 1.807) is 0 Å². The second-order valence-electron chi connectivity index (χ2n) is 2.53. The fourth-order valence-electron chi connectivity index (χ4n) is 1.00. The highest BCUT2D eigenvalue weighted by Gasteiger charge is 2.26. The topological polar surface area (TPSA) is 111 Å². The van der Waals surface area contributed by atoms with E-state index < -0.39 is 11.9 Å². The predicted octanol–water partition coefficient (Wildman–Crippen LogP) is -1.51. The summed E-state index contributed by atoms with van der Waals surface area (Å²) in [5.41, 5.74) is 9.98. The van der Waals surface area contributed by atoms with Crippen molar-refractivity contribution in [1.29, 1.82) is 0 Å². The van der Waals surface area contributed by atoms with E-state index in [0.717, 1.165) is 0 Å². The van der Waals surface area contributed by atoms with Gasteiger partial charge in [0.25, 0.3) is 5.91 Å². The number of nitrogens with zero attached hydrogens (tertiary/aromatic N) is 1. The van der Waals surface area contributed by atoms with Crippen molar-refractivity contribution in [2.45, 2.75) is 18.9 Å². The Hall–Kier alpha value is -1.30. The SMILES string of the molecule is Cl.NC(N)=NC(=O)[C@@H]1CCC(=O)N1. The first-order chi connectivity index (χ1) is 5.59. The minimum absolute atomic E-state index is 0. The number of hydrogen-bond acceptors (Lipinski definition) is 2. The van der Waals surface area contributed by atoms with Gasteiger partial charge in [-0.15, -0.1) is 12.4 Å². The summed E-state index contributed by atoms with van der Waals surface area (Å²) >= 11 is 0. The monoisotopic (exact) mass is 206 g/mol. The molecule has 0 aromatic heterocycles. The molecule has 0 unspecified atom stereocenters. The van der Waals surface area contributed by atoms with Gasteiger partial charge in [-0.3, -0.25) is 9.59 Å². The van der Waals surface area contributed by atoms with Crippen LogP contribution in [0.4, 0.5) is 0 Å². The molecule has 1 saturated heterocycles. The lowest BCUT2D eigenvalue weighted by atomic mass is 10.2. The smallest absolute Gasteiger partial charge is 0.271 e. The van der Waals surface area contributed by atoms with Gasteiger partial charge >= 0.3 is 0 Å². The molecular formula is C6H11ClN4O2. The summed E-state index contributed by atoms with van der Waals surface area (Å²) in [7, 11) is 0. The largest absolute Gasteiger partial charge is 0.370 e. The van der Waals surface area contributed by atoms with Crippen molar-refractivity contribution < 1.29 is 9.59 Å². The first kappa shape index (κ1) is 11.7. The second kappa shape index (κ2) is 4.66. The molecule has 0 spiro atoms. The van der Waals surface area contributed by atoms with Crippen molar-refractivity contribution in [1.82, 2.24) is 5.32 Å². The van der Waals surface area contributed by atoms with Crippen LogP contribution in [-0.4, -0.2) is 23.8 Å². The fraction of sp³-hybridized carbons (Fsp3) is 0.500. The first-order valence-corrected chi connectivity index (χ1v) is 3.52. The molecule has 6 nitrogen and oxygen atoms in total. The standard InChI is InChI=1S/C6H10N4O2.ClH/c7-6(8)10-5(12)3-1-2-4(11)9-3;/h3H,1-2H2,(H,9,11)(H4,7,8,10,12);1H/t3-;/m0./s1. The van der Waals surface area contributed by atoms with Crippen molar-refractivity contribution in [3.8, 4) is 0 Å². The summed E-state index contributed by atoms with van der Waals surface area (Å²) in [4.78, 5) is 25.0. The maximum absolute atomic E-state index is 11.0. The molecule has 0 aromatic rings. The zero-order valence-corrected chi connectivity index (χ0v) is 7.63. The number of halogens is 1. The van der Waals surface area contributed by atoms with Crippen LogP contribution in [0.5, 0.6) is 0 Å². The van der Waals surface area contributed by atoms with Gasteiger partial charge in [0.05, 0.1) is 0 Å². The summed E-state index contributed by atoms with van der Waals surface area (Å²) < 4.78 is 0. The van der Waals surface area contributed by atoms with E-state index in [-0.39, 0.29) is 24.3 Å². The molecule has 0 bridgehead atoms. The Kier molecular flexibility index (Phi) is 4.19. The van der Waals surface area contributed by atoms with Crippen molar-refractivity contribution in [3.63, 3.8) is 0 Å². The van der Waals surface area contributed by atoms with Crippen molar-refractivity contribution >= 4 is 30.2 Å². The van der Waals surface area contributed by atoms with Gasteiger partial charge in [0.2, 0.25) is 5.91 Å². The molecule has 1 atom stereocenters. The summed E-state index contributed by atoms with van der Waals surface area (Å²) in [5.74, 6) is -0.902. The molecule has 1 heterocycles. The lowest BCUT2D eigenvalue weighted by Gasteiger charge is -2.03. The van der Waals surface area contributed by atoms with E-state index in [0.29, 0.717) is 12.8 Å². The van der Waals surface area contributed by atoms with E-state index in [2.05, 4.69) is 10.3 Å². The van der Waals surface area contributed by atoms with Crippen LogP contribution in [0.3, 0.4) is 0 Å². The summed E-state index contributed by atoms with van der Waals surface area (Å²) in [5, 5.41) is 2.45. The van der Waals surface area contributed by atoms with E-state index in [1.165, 1.54) is 0 Å². The molecule has 2 amide bonds. The molecule has 0 saturated carbocycles. The third-order valence-corrected chi connectivity index (χ3v) is 1.53. The van der Waals surface area contributed by atoms with E-state index in [9.17, 15) is 9.59 Å². The lowest BCUT2D eigenvalue weighted by Crippen LogP contribution is -2.34. The summed E-state index contributed by atoms with van der Waals surface area (Å²) in [6.07, 6.45) is 0.824. The Labute approximate surface area is 81.2 Å². The molecule has 1 aliphatic heterocycles. The number of amides is 2. The van der Waals surface area contributed by atoms with Gasteiger partial charge in [-0.2, -0.15) is 4.99 Å². The maximum atomic E-state index is 11.0. The van der Waals surface area contributed by atoms with Crippen LogP contribution in [0.15, 0.2) is 4.99 Å². The lowest BCUT2D eigenvalue weighted by molar-refractivity contribution is -0.123. The third-order valence-electron chi connectivity index (χ3n) is 1.53. The number of rotatable bonds is 1.